The molecule has 0 spiro atoms. The van der Waals surface area contributed by atoms with Crippen molar-refractivity contribution in [3.05, 3.63) is 64.2 Å². The number of benzene rings is 2. The Bertz CT molecular complexity index is 1090. The minimum atomic E-state index is -4.29. The third-order valence-electron chi connectivity index (χ3n) is 4.83. The molecule has 0 aliphatic carbocycles. The SMILES string of the molecule is Cc1ccc(S(=O)(=O)N(CC(=O)Nc2cccc([N+](=O)[O-])c2)C(=O)N2CCCC2)cc1. The van der Waals surface area contributed by atoms with Gasteiger partial charge in [-0.2, -0.15) is 0 Å². The van der Waals surface area contributed by atoms with Gasteiger partial charge < -0.3 is 10.2 Å². The summed E-state index contributed by atoms with van der Waals surface area (Å²) in [5.41, 5.74) is 0.746. The summed E-state index contributed by atoms with van der Waals surface area (Å²) in [5.74, 6) is -0.788. The van der Waals surface area contributed by atoms with Gasteiger partial charge in [-0.3, -0.25) is 14.9 Å². The second-order valence-corrected chi connectivity index (χ2v) is 9.02. The lowest BCUT2D eigenvalue weighted by Gasteiger charge is -2.27. The van der Waals surface area contributed by atoms with E-state index in [1.165, 1.54) is 35.2 Å². The molecule has 3 rings (SSSR count). The van der Waals surface area contributed by atoms with E-state index in [0.29, 0.717) is 17.4 Å². The first-order valence-electron chi connectivity index (χ1n) is 9.61. The topological polar surface area (TPSA) is 130 Å². The van der Waals surface area contributed by atoms with Crippen LogP contribution < -0.4 is 5.32 Å². The molecule has 1 aliphatic heterocycles. The number of anilines is 1. The van der Waals surface area contributed by atoms with Gasteiger partial charge in [-0.25, -0.2) is 17.5 Å². The number of nitrogens with zero attached hydrogens (tertiary/aromatic N) is 3. The first-order valence-corrected chi connectivity index (χ1v) is 11.0. The fraction of sp³-hybridized carbons (Fsp3) is 0.300. The number of amides is 3. The second kappa shape index (κ2) is 9.13. The predicted octanol–water partition coefficient (Wildman–Crippen LogP) is 2.75. The van der Waals surface area contributed by atoms with Gasteiger partial charge in [-0.15, -0.1) is 0 Å². The molecule has 0 atom stereocenters. The molecule has 31 heavy (non-hydrogen) atoms. The van der Waals surface area contributed by atoms with Crippen molar-refractivity contribution in [3.63, 3.8) is 0 Å². The quantitative estimate of drug-likeness (QED) is 0.536. The van der Waals surface area contributed by atoms with E-state index in [2.05, 4.69) is 5.32 Å². The maximum Gasteiger partial charge on any atom is 0.334 e. The molecule has 2 aromatic rings. The van der Waals surface area contributed by atoms with Crippen LogP contribution in [0.15, 0.2) is 53.4 Å². The van der Waals surface area contributed by atoms with E-state index in [4.69, 9.17) is 0 Å². The van der Waals surface area contributed by atoms with Crippen LogP contribution in [-0.2, 0) is 14.8 Å². The molecule has 11 heteroatoms. The standard InChI is InChI=1S/C20H22N4O6S/c1-15-7-9-18(10-8-15)31(29,30)23(20(26)22-11-2-3-12-22)14-19(25)21-16-5-4-6-17(13-16)24(27)28/h4-10,13H,2-3,11-12,14H2,1H3,(H,21,25). The number of non-ortho nitro benzene ring substituents is 1. The molecule has 0 aromatic heterocycles. The maximum absolute atomic E-state index is 13.2. The molecule has 1 heterocycles. The number of nitro groups is 1. The van der Waals surface area contributed by atoms with Crippen molar-refractivity contribution < 1.29 is 22.9 Å². The third kappa shape index (κ3) is 5.18. The third-order valence-corrected chi connectivity index (χ3v) is 6.56. The molecule has 3 amide bonds. The molecule has 2 aromatic carbocycles. The van der Waals surface area contributed by atoms with Crippen molar-refractivity contribution in [2.75, 3.05) is 25.0 Å². The van der Waals surface area contributed by atoms with E-state index in [1.807, 2.05) is 0 Å². The Balaban J connectivity index is 1.86. The van der Waals surface area contributed by atoms with Crippen molar-refractivity contribution in [2.45, 2.75) is 24.7 Å². The van der Waals surface area contributed by atoms with Crippen LogP contribution in [0.3, 0.4) is 0 Å². The van der Waals surface area contributed by atoms with Crippen molar-refractivity contribution in [1.82, 2.24) is 9.21 Å². The molecule has 0 saturated carbocycles. The van der Waals surface area contributed by atoms with Crippen molar-refractivity contribution >= 4 is 33.3 Å². The molecular weight excluding hydrogens is 424 g/mol. The lowest BCUT2D eigenvalue weighted by molar-refractivity contribution is -0.384. The highest BCUT2D eigenvalue weighted by molar-refractivity contribution is 7.89. The Morgan fingerprint density at radius 1 is 1.13 bits per heavy atom. The van der Waals surface area contributed by atoms with Gasteiger partial charge in [0.05, 0.1) is 9.82 Å². The fourth-order valence-electron chi connectivity index (χ4n) is 3.19. The van der Waals surface area contributed by atoms with Crippen LogP contribution in [0.25, 0.3) is 0 Å². The fourth-order valence-corrected chi connectivity index (χ4v) is 4.53. The zero-order chi connectivity index (χ0) is 22.6. The van der Waals surface area contributed by atoms with Gasteiger partial charge in [-0.05, 0) is 38.0 Å². The molecule has 1 fully saturated rings. The van der Waals surface area contributed by atoms with Crippen molar-refractivity contribution in [3.8, 4) is 0 Å². The summed E-state index contributed by atoms with van der Waals surface area (Å²) in [6, 6.07) is 10.5. The van der Waals surface area contributed by atoms with Gasteiger partial charge in [0.25, 0.3) is 15.7 Å². The predicted molar refractivity (Wildman–Crippen MR) is 113 cm³/mol. The molecule has 0 radical (unpaired) electrons. The van der Waals surface area contributed by atoms with Crippen LogP contribution in [-0.4, -0.2) is 54.1 Å². The molecule has 1 aliphatic rings. The average molecular weight is 446 g/mol. The van der Waals surface area contributed by atoms with Crippen LogP contribution in [0.5, 0.6) is 0 Å². The number of carbonyl (C=O) groups excluding carboxylic acids is 2. The molecule has 1 saturated heterocycles. The number of sulfonamides is 1. The average Bonchev–Trinajstić information content (AvgIpc) is 3.27. The van der Waals surface area contributed by atoms with Crippen molar-refractivity contribution in [2.24, 2.45) is 0 Å². The largest absolute Gasteiger partial charge is 0.334 e. The van der Waals surface area contributed by atoms with E-state index in [9.17, 15) is 28.1 Å². The highest BCUT2D eigenvalue weighted by atomic mass is 32.2. The smallest absolute Gasteiger partial charge is 0.324 e. The number of urea groups is 1. The number of nitro benzene ring substituents is 1. The molecular formula is C20H22N4O6S. The van der Waals surface area contributed by atoms with Gasteiger partial charge in [0.15, 0.2) is 0 Å². The number of carbonyl (C=O) groups is 2. The van der Waals surface area contributed by atoms with E-state index in [1.54, 1.807) is 19.1 Å². The van der Waals surface area contributed by atoms with E-state index >= 15 is 0 Å². The van der Waals surface area contributed by atoms with Crippen LogP contribution >= 0.6 is 0 Å². The van der Waals surface area contributed by atoms with Crippen LogP contribution in [0.1, 0.15) is 18.4 Å². The van der Waals surface area contributed by atoms with Gasteiger partial charge in [0, 0.05) is 30.9 Å². The zero-order valence-corrected chi connectivity index (χ0v) is 17.7. The summed E-state index contributed by atoms with van der Waals surface area (Å²) in [4.78, 5) is 37.2. The Labute approximate surface area is 179 Å². The van der Waals surface area contributed by atoms with Gasteiger partial charge in [0.2, 0.25) is 5.91 Å². The summed E-state index contributed by atoms with van der Waals surface area (Å²) in [6.07, 6.45) is 1.51. The Morgan fingerprint density at radius 3 is 2.39 bits per heavy atom. The number of hydrogen-bond donors (Lipinski definition) is 1. The van der Waals surface area contributed by atoms with Crippen LogP contribution in [0.2, 0.25) is 0 Å². The summed E-state index contributed by atoms with van der Waals surface area (Å²) in [5, 5.41) is 13.3. The molecule has 0 unspecified atom stereocenters. The lowest BCUT2D eigenvalue weighted by Crippen LogP contribution is -2.48. The Kier molecular flexibility index (Phi) is 6.54. The summed E-state index contributed by atoms with van der Waals surface area (Å²) >= 11 is 0. The number of hydrogen-bond acceptors (Lipinski definition) is 6. The molecule has 164 valence electrons. The van der Waals surface area contributed by atoms with E-state index in [0.717, 1.165) is 24.5 Å². The van der Waals surface area contributed by atoms with E-state index < -0.39 is 33.4 Å². The normalized spacial score (nSPS) is 13.6. The molecule has 10 nitrogen and oxygen atoms in total. The first-order chi connectivity index (χ1) is 14.7. The van der Waals surface area contributed by atoms with E-state index in [-0.39, 0.29) is 16.3 Å². The second-order valence-electron chi connectivity index (χ2n) is 7.16. The Morgan fingerprint density at radius 2 is 1.77 bits per heavy atom. The molecule has 0 bridgehead atoms. The van der Waals surface area contributed by atoms with Gasteiger partial charge in [-0.1, -0.05) is 23.8 Å². The summed E-state index contributed by atoms with van der Waals surface area (Å²) in [6.45, 7) is 1.86. The van der Waals surface area contributed by atoms with Crippen LogP contribution in [0.4, 0.5) is 16.2 Å². The number of nitrogens with one attached hydrogen (secondary N) is 1. The highest BCUT2D eigenvalue weighted by Gasteiger charge is 2.35. The van der Waals surface area contributed by atoms with Crippen LogP contribution in [0, 0.1) is 17.0 Å². The minimum Gasteiger partial charge on any atom is -0.324 e. The minimum absolute atomic E-state index is 0.103. The lowest BCUT2D eigenvalue weighted by atomic mass is 10.2. The maximum atomic E-state index is 13.2. The first kappa shape index (κ1) is 22.2. The summed E-state index contributed by atoms with van der Waals surface area (Å²) < 4.78 is 26.9. The summed E-state index contributed by atoms with van der Waals surface area (Å²) in [7, 11) is -4.29. The monoisotopic (exact) mass is 446 g/mol. The Hall–Kier alpha value is -3.47. The van der Waals surface area contributed by atoms with Gasteiger partial charge >= 0.3 is 6.03 Å². The highest BCUT2D eigenvalue weighted by Crippen LogP contribution is 2.21. The number of rotatable bonds is 6. The number of likely N-dealkylation sites (tertiary alicyclic amines) is 1. The van der Waals surface area contributed by atoms with Crippen molar-refractivity contribution in [1.29, 1.82) is 0 Å². The number of aryl methyl sites for hydroxylation is 1. The zero-order valence-electron chi connectivity index (χ0n) is 16.9. The molecule has 1 N–H and O–H groups in total. The van der Waals surface area contributed by atoms with Gasteiger partial charge in [0.1, 0.15) is 6.54 Å².